The van der Waals surface area contributed by atoms with Crippen LogP contribution in [0, 0.1) is 6.92 Å². The molecule has 1 heterocycles. The van der Waals surface area contributed by atoms with E-state index in [-0.39, 0.29) is 12.5 Å². The molecule has 0 aliphatic heterocycles. The number of anilines is 1. The molecule has 1 rings (SSSR count). The van der Waals surface area contributed by atoms with E-state index >= 15 is 0 Å². The van der Waals surface area contributed by atoms with Gasteiger partial charge in [0, 0.05) is 12.0 Å². The highest BCUT2D eigenvalue weighted by Gasteiger charge is 2.04. The smallest absolute Gasteiger partial charge is 0.236 e. The van der Waals surface area contributed by atoms with Gasteiger partial charge in [-0.3, -0.25) is 4.79 Å². The predicted molar refractivity (Wildman–Crippen MR) is 64.5 cm³/mol. The summed E-state index contributed by atoms with van der Waals surface area (Å²) in [6.45, 7) is 2.07. The summed E-state index contributed by atoms with van der Waals surface area (Å²) < 4.78 is 0. The average molecular weight is 246 g/mol. The Bertz CT molecular complexity index is 315. The number of amides is 1. The Hall–Kier alpha value is -0.590. The van der Waals surface area contributed by atoms with Crippen molar-refractivity contribution in [3.05, 3.63) is 11.1 Å². The summed E-state index contributed by atoms with van der Waals surface area (Å²) in [5, 5.41) is 13.8. The molecule has 0 fully saturated rings. The second-order valence-electron chi connectivity index (χ2n) is 2.97. The zero-order chi connectivity index (χ0) is 11.1. The third-order valence-corrected chi connectivity index (χ3v) is 3.46. The molecule has 0 radical (unpaired) electrons. The Morgan fingerprint density at radius 1 is 1.73 bits per heavy atom. The van der Waals surface area contributed by atoms with Gasteiger partial charge in [0.25, 0.3) is 0 Å². The maximum absolute atomic E-state index is 11.4. The van der Waals surface area contributed by atoms with Crippen molar-refractivity contribution in [1.29, 1.82) is 0 Å². The molecular formula is C9H14N2O2S2. The molecule has 0 aromatic carbocycles. The highest BCUT2D eigenvalue weighted by atomic mass is 32.2. The van der Waals surface area contributed by atoms with Crippen LogP contribution in [-0.2, 0) is 4.79 Å². The predicted octanol–water partition coefficient (Wildman–Crippen LogP) is 1.51. The number of carbonyl (C=O) groups excluding carboxylic acids is 1. The van der Waals surface area contributed by atoms with Crippen molar-refractivity contribution in [2.75, 3.05) is 23.4 Å². The highest BCUT2D eigenvalue weighted by Crippen LogP contribution is 2.14. The van der Waals surface area contributed by atoms with Gasteiger partial charge in [0.15, 0.2) is 5.13 Å². The van der Waals surface area contributed by atoms with Gasteiger partial charge in [-0.15, -0.1) is 11.3 Å². The monoisotopic (exact) mass is 246 g/mol. The molecule has 15 heavy (non-hydrogen) atoms. The number of thiazole rings is 1. The lowest BCUT2D eigenvalue weighted by atomic mass is 10.5. The molecule has 2 N–H and O–H groups in total. The van der Waals surface area contributed by atoms with E-state index in [9.17, 15) is 4.79 Å². The van der Waals surface area contributed by atoms with Crippen molar-refractivity contribution in [3.8, 4) is 0 Å². The molecule has 84 valence electrons. The van der Waals surface area contributed by atoms with Gasteiger partial charge < -0.3 is 10.4 Å². The van der Waals surface area contributed by atoms with Crippen LogP contribution in [0.15, 0.2) is 5.38 Å². The van der Waals surface area contributed by atoms with Crippen molar-refractivity contribution < 1.29 is 9.90 Å². The number of nitrogens with zero attached hydrogens (tertiary/aromatic N) is 1. The third kappa shape index (κ3) is 5.15. The number of aliphatic hydroxyl groups excluding tert-OH is 1. The van der Waals surface area contributed by atoms with Gasteiger partial charge in [-0.25, -0.2) is 4.98 Å². The SMILES string of the molecule is Cc1csc(NC(=O)CSCCCO)n1. The van der Waals surface area contributed by atoms with Crippen LogP contribution in [0.2, 0.25) is 0 Å². The Morgan fingerprint density at radius 3 is 3.13 bits per heavy atom. The van der Waals surface area contributed by atoms with Gasteiger partial charge in [0.1, 0.15) is 0 Å². The minimum atomic E-state index is -0.0349. The zero-order valence-electron chi connectivity index (χ0n) is 8.52. The van der Waals surface area contributed by atoms with E-state index in [1.807, 2.05) is 12.3 Å². The van der Waals surface area contributed by atoms with Gasteiger partial charge in [-0.2, -0.15) is 11.8 Å². The number of carbonyl (C=O) groups is 1. The van der Waals surface area contributed by atoms with E-state index in [1.54, 1.807) is 0 Å². The molecule has 0 saturated heterocycles. The Balaban J connectivity index is 2.18. The maximum atomic E-state index is 11.4. The minimum Gasteiger partial charge on any atom is -0.396 e. The number of rotatable bonds is 6. The lowest BCUT2D eigenvalue weighted by Gasteiger charge is -2.00. The summed E-state index contributed by atoms with van der Waals surface area (Å²) in [7, 11) is 0. The lowest BCUT2D eigenvalue weighted by Crippen LogP contribution is -2.14. The van der Waals surface area contributed by atoms with E-state index in [0.717, 1.165) is 17.9 Å². The number of aromatic nitrogens is 1. The molecule has 0 unspecified atom stereocenters. The van der Waals surface area contributed by atoms with Crippen LogP contribution >= 0.6 is 23.1 Å². The van der Waals surface area contributed by atoms with Crippen molar-refractivity contribution >= 4 is 34.1 Å². The van der Waals surface area contributed by atoms with E-state index < -0.39 is 0 Å². The molecule has 1 aromatic heterocycles. The topological polar surface area (TPSA) is 62.2 Å². The molecule has 0 aliphatic carbocycles. The molecule has 1 aromatic rings. The summed E-state index contributed by atoms with van der Waals surface area (Å²) in [5.74, 6) is 1.19. The number of thioether (sulfide) groups is 1. The molecule has 0 atom stereocenters. The Morgan fingerprint density at radius 2 is 2.53 bits per heavy atom. The average Bonchev–Trinajstić information content (AvgIpc) is 2.59. The molecule has 0 aliphatic rings. The van der Waals surface area contributed by atoms with E-state index in [1.165, 1.54) is 23.1 Å². The van der Waals surface area contributed by atoms with Gasteiger partial charge >= 0.3 is 0 Å². The zero-order valence-corrected chi connectivity index (χ0v) is 10.2. The van der Waals surface area contributed by atoms with Crippen LogP contribution in [0.1, 0.15) is 12.1 Å². The van der Waals surface area contributed by atoms with Crippen molar-refractivity contribution in [1.82, 2.24) is 4.98 Å². The van der Waals surface area contributed by atoms with Crippen molar-refractivity contribution in [3.63, 3.8) is 0 Å². The first kappa shape index (κ1) is 12.5. The van der Waals surface area contributed by atoms with Crippen LogP contribution < -0.4 is 5.32 Å². The summed E-state index contributed by atoms with van der Waals surface area (Å²) in [6.07, 6.45) is 0.730. The van der Waals surface area contributed by atoms with E-state index in [4.69, 9.17) is 5.11 Å². The fourth-order valence-electron chi connectivity index (χ4n) is 0.898. The number of hydrogen-bond acceptors (Lipinski definition) is 5. The molecule has 1 amide bonds. The maximum Gasteiger partial charge on any atom is 0.236 e. The summed E-state index contributed by atoms with van der Waals surface area (Å²) in [5.41, 5.74) is 0.920. The van der Waals surface area contributed by atoms with Crippen LogP contribution in [0.3, 0.4) is 0 Å². The lowest BCUT2D eigenvalue weighted by molar-refractivity contribution is -0.113. The van der Waals surface area contributed by atoms with E-state index in [0.29, 0.717) is 10.9 Å². The minimum absolute atomic E-state index is 0.0349. The van der Waals surface area contributed by atoms with Crippen molar-refractivity contribution in [2.24, 2.45) is 0 Å². The summed E-state index contributed by atoms with van der Waals surface area (Å²) in [6, 6.07) is 0. The van der Waals surface area contributed by atoms with Gasteiger partial charge in [0.2, 0.25) is 5.91 Å². The fourth-order valence-corrected chi connectivity index (χ4v) is 2.34. The van der Waals surface area contributed by atoms with Crippen LogP contribution in [-0.4, -0.2) is 34.1 Å². The van der Waals surface area contributed by atoms with Gasteiger partial charge in [-0.05, 0) is 19.1 Å². The standard InChI is InChI=1S/C9H14N2O2S2/c1-7-5-15-9(10-7)11-8(13)6-14-4-2-3-12/h5,12H,2-4,6H2,1H3,(H,10,11,13). The van der Waals surface area contributed by atoms with Gasteiger partial charge in [0.05, 0.1) is 11.4 Å². The normalized spacial score (nSPS) is 10.3. The molecule has 0 bridgehead atoms. The third-order valence-electron chi connectivity index (χ3n) is 1.55. The van der Waals surface area contributed by atoms with Gasteiger partial charge in [-0.1, -0.05) is 0 Å². The highest BCUT2D eigenvalue weighted by molar-refractivity contribution is 7.99. The Labute approximate surface area is 97.1 Å². The molecular weight excluding hydrogens is 232 g/mol. The quantitative estimate of drug-likeness (QED) is 0.747. The van der Waals surface area contributed by atoms with Crippen LogP contribution in [0.5, 0.6) is 0 Å². The summed E-state index contributed by atoms with van der Waals surface area (Å²) >= 11 is 2.95. The first-order valence-electron chi connectivity index (χ1n) is 4.63. The number of hydrogen-bond donors (Lipinski definition) is 2. The molecule has 0 spiro atoms. The summed E-state index contributed by atoms with van der Waals surface area (Å²) in [4.78, 5) is 15.5. The second kappa shape index (κ2) is 6.81. The van der Waals surface area contributed by atoms with E-state index in [2.05, 4.69) is 10.3 Å². The first-order valence-corrected chi connectivity index (χ1v) is 6.66. The Kier molecular flexibility index (Phi) is 5.67. The second-order valence-corrected chi connectivity index (χ2v) is 4.94. The molecule has 4 nitrogen and oxygen atoms in total. The molecule has 0 saturated carbocycles. The number of nitrogens with one attached hydrogen (secondary N) is 1. The molecule has 6 heteroatoms. The number of aryl methyl sites for hydroxylation is 1. The number of aliphatic hydroxyl groups is 1. The van der Waals surface area contributed by atoms with Crippen LogP contribution in [0.25, 0.3) is 0 Å². The largest absolute Gasteiger partial charge is 0.396 e. The van der Waals surface area contributed by atoms with Crippen molar-refractivity contribution in [2.45, 2.75) is 13.3 Å². The van der Waals surface area contributed by atoms with Crippen LogP contribution in [0.4, 0.5) is 5.13 Å². The fraction of sp³-hybridized carbons (Fsp3) is 0.556. The first-order chi connectivity index (χ1) is 7.22.